The van der Waals surface area contributed by atoms with Crippen LogP contribution in [-0.2, 0) is 0 Å². The molecule has 4 aromatic heterocycles. The van der Waals surface area contributed by atoms with Crippen LogP contribution in [0.5, 0.6) is 0 Å². The lowest BCUT2D eigenvalue weighted by Gasteiger charge is -2.15. The van der Waals surface area contributed by atoms with Crippen molar-refractivity contribution >= 4 is 86.7 Å². The summed E-state index contributed by atoms with van der Waals surface area (Å²) in [7, 11) is 0. The summed E-state index contributed by atoms with van der Waals surface area (Å²) in [6, 6.07) is 60.3. The maximum Gasteiger partial charge on any atom is 0.0788 e. The summed E-state index contributed by atoms with van der Waals surface area (Å²) < 4.78 is 0. The van der Waals surface area contributed by atoms with Crippen molar-refractivity contribution < 1.29 is 0 Å². The Morgan fingerprint density at radius 3 is 1.70 bits per heavy atom. The van der Waals surface area contributed by atoms with Crippen LogP contribution in [-0.4, -0.2) is 19.9 Å². The Kier molecular flexibility index (Phi) is 6.60. The van der Waals surface area contributed by atoms with Crippen molar-refractivity contribution in [1.29, 1.82) is 0 Å². The van der Waals surface area contributed by atoms with Crippen molar-refractivity contribution in [2.24, 2.45) is 0 Å². The molecule has 0 atom stereocenters. The van der Waals surface area contributed by atoms with E-state index in [9.17, 15) is 0 Å². The van der Waals surface area contributed by atoms with Crippen LogP contribution >= 0.6 is 0 Å². The van der Waals surface area contributed by atoms with Crippen LogP contribution in [0, 0.1) is 0 Å². The van der Waals surface area contributed by atoms with E-state index in [0.717, 1.165) is 93.4 Å². The molecule has 4 nitrogen and oxygen atoms in total. The van der Waals surface area contributed by atoms with Gasteiger partial charge in [0, 0.05) is 82.8 Å². The van der Waals surface area contributed by atoms with E-state index in [1.807, 2.05) is 18.5 Å². The topological polar surface area (TPSA) is 51.6 Å². The van der Waals surface area contributed by atoms with Crippen molar-refractivity contribution in [1.82, 2.24) is 19.9 Å². The molecule has 0 saturated carbocycles. The molecule has 12 aromatic rings. The van der Waals surface area contributed by atoms with Crippen molar-refractivity contribution in [3.63, 3.8) is 0 Å². The van der Waals surface area contributed by atoms with E-state index in [2.05, 4.69) is 164 Å². The van der Waals surface area contributed by atoms with Crippen LogP contribution in [0.3, 0.4) is 0 Å². The first-order valence-electron chi connectivity index (χ1n) is 19.0. The van der Waals surface area contributed by atoms with Crippen LogP contribution in [0.1, 0.15) is 0 Å². The van der Waals surface area contributed by atoms with Gasteiger partial charge in [0.05, 0.1) is 33.5 Å². The molecule has 258 valence electrons. The van der Waals surface area contributed by atoms with Crippen molar-refractivity contribution in [3.8, 4) is 33.6 Å². The Balaban J connectivity index is 1.06. The number of para-hydroxylation sites is 2. The SMILES string of the molecule is c1ccc(-c2nc3cc(-c4ccc(-c5nc6ccccc6c6c5ccc5ccc7cccnc7c56)cc4)ccc3c3c2ccc2cnc4ccccc4c23)cc1. The quantitative estimate of drug-likeness (QED) is 0.171. The summed E-state index contributed by atoms with van der Waals surface area (Å²) in [6.45, 7) is 0. The minimum absolute atomic E-state index is 0.959. The zero-order valence-electron chi connectivity index (χ0n) is 30.1. The highest BCUT2D eigenvalue weighted by molar-refractivity contribution is 6.29. The number of benzene rings is 8. The normalized spacial score (nSPS) is 11.9. The van der Waals surface area contributed by atoms with E-state index in [1.54, 1.807) is 0 Å². The molecule has 0 aliphatic heterocycles. The summed E-state index contributed by atoms with van der Waals surface area (Å²) in [5.41, 5.74) is 10.3. The summed E-state index contributed by atoms with van der Waals surface area (Å²) in [4.78, 5) is 20.3. The Bertz CT molecular complexity index is 3580. The summed E-state index contributed by atoms with van der Waals surface area (Å²) in [5.74, 6) is 0. The van der Waals surface area contributed by atoms with Crippen molar-refractivity contribution in [2.45, 2.75) is 0 Å². The number of pyridine rings is 4. The highest BCUT2D eigenvalue weighted by atomic mass is 14.7. The predicted octanol–water partition coefficient (Wildman–Crippen LogP) is 13.5. The van der Waals surface area contributed by atoms with Gasteiger partial charge in [-0.2, -0.15) is 0 Å². The average molecular weight is 711 g/mol. The first-order valence-corrected chi connectivity index (χ1v) is 19.0. The zero-order valence-corrected chi connectivity index (χ0v) is 30.1. The maximum atomic E-state index is 5.39. The first kappa shape index (κ1) is 30.9. The van der Waals surface area contributed by atoms with Gasteiger partial charge in [-0.05, 0) is 40.8 Å². The lowest BCUT2D eigenvalue weighted by molar-refractivity contribution is 1.42. The van der Waals surface area contributed by atoms with Gasteiger partial charge in [0.1, 0.15) is 0 Å². The zero-order chi connectivity index (χ0) is 36.7. The standard InChI is InChI=1S/C52H30N4/c1-2-9-33(10-3-1)50-41-27-24-37-30-54-43-14-6-4-12-38(43)46(37)48(41)40-25-23-36(29-45(40)56-50)31-16-19-35(20-17-31)51-42-26-22-32-18-21-34-11-8-28-53-52(34)47(32)49(42)39-13-5-7-15-44(39)55-51/h1-30H. The number of aromatic nitrogens is 4. The highest BCUT2D eigenvalue weighted by Gasteiger charge is 2.18. The van der Waals surface area contributed by atoms with Crippen LogP contribution in [0.25, 0.3) is 120 Å². The van der Waals surface area contributed by atoms with E-state index in [1.165, 1.54) is 26.9 Å². The van der Waals surface area contributed by atoms with Gasteiger partial charge in [-0.3, -0.25) is 9.97 Å². The second kappa shape index (κ2) is 12.0. The summed E-state index contributed by atoms with van der Waals surface area (Å²) >= 11 is 0. The van der Waals surface area contributed by atoms with E-state index in [0.29, 0.717) is 0 Å². The Hall–Kier alpha value is -7.56. The van der Waals surface area contributed by atoms with Gasteiger partial charge in [-0.15, -0.1) is 0 Å². The molecule has 0 saturated heterocycles. The van der Waals surface area contributed by atoms with Gasteiger partial charge in [-0.1, -0.05) is 146 Å². The summed E-state index contributed by atoms with van der Waals surface area (Å²) in [6.07, 6.45) is 3.88. The lowest BCUT2D eigenvalue weighted by atomic mass is 9.92. The van der Waals surface area contributed by atoms with E-state index >= 15 is 0 Å². The molecule has 56 heavy (non-hydrogen) atoms. The second-order valence-corrected chi connectivity index (χ2v) is 14.6. The molecule has 0 unspecified atom stereocenters. The fraction of sp³-hybridized carbons (Fsp3) is 0. The van der Waals surface area contributed by atoms with Gasteiger partial charge < -0.3 is 0 Å². The smallest absolute Gasteiger partial charge is 0.0788 e. The van der Waals surface area contributed by atoms with Crippen LogP contribution in [0.15, 0.2) is 182 Å². The molecule has 12 rings (SSSR count). The lowest BCUT2D eigenvalue weighted by Crippen LogP contribution is -1.93. The predicted molar refractivity (Wildman–Crippen MR) is 234 cm³/mol. The van der Waals surface area contributed by atoms with Crippen LogP contribution < -0.4 is 0 Å². The number of rotatable bonds is 3. The average Bonchev–Trinajstić information content (AvgIpc) is 3.28. The Morgan fingerprint density at radius 1 is 0.304 bits per heavy atom. The van der Waals surface area contributed by atoms with Crippen molar-refractivity contribution in [2.75, 3.05) is 0 Å². The molecule has 0 amide bonds. The Morgan fingerprint density at radius 2 is 0.875 bits per heavy atom. The number of nitrogens with zero attached hydrogens (tertiary/aromatic N) is 4. The van der Waals surface area contributed by atoms with Gasteiger partial charge in [0.25, 0.3) is 0 Å². The number of fused-ring (bicyclic) bond motifs is 14. The molecule has 0 bridgehead atoms. The van der Waals surface area contributed by atoms with Gasteiger partial charge in [0.15, 0.2) is 0 Å². The molecule has 0 spiro atoms. The molecule has 0 aliphatic carbocycles. The van der Waals surface area contributed by atoms with E-state index in [-0.39, 0.29) is 0 Å². The minimum atomic E-state index is 0.959. The molecule has 4 heteroatoms. The number of hydrogen-bond donors (Lipinski definition) is 0. The van der Waals surface area contributed by atoms with Gasteiger partial charge >= 0.3 is 0 Å². The monoisotopic (exact) mass is 710 g/mol. The van der Waals surface area contributed by atoms with E-state index in [4.69, 9.17) is 19.9 Å². The second-order valence-electron chi connectivity index (χ2n) is 14.6. The highest BCUT2D eigenvalue weighted by Crippen LogP contribution is 2.42. The minimum Gasteiger partial charge on any atom is -0.256 e. The third-order valence-electron chi connectivity index (χ3n) is 11.5. The number of hydrogen-bond acceptors (Lipinski definition) is 4. The molecule has 4 heterocycles. The van der Waals surface area contributed by atoms with Crippen LogP contribution in [0.4, 0.5) is 0 Å². The third kappa shape index (κ3) is 4.60. The van der Waals surface area contributed by atoms with Crippen molar-refractivity contribution in [3.05, 3.63) is 182 Å². The van der Waals surface area contributed by atoms with Gasteiger partial charge in [0.2, 0.25) is 0 Å². The summed E-state index contributed by atoms with van der Waals surface area (Å²) in [5, 5.41) is 13.9. The molecule has 0 N–H and O–H groups in total. The fourth-order valence-electron chi connectivity index (χ4n) is 8.88. The fourth-order valence-corrected chi connectivity index (χ4v) is 8.88. The van der Waals surface area contributed by atoms with Gasteiger partial charge in [-0.25, -0.2) is 9.97 Å². The third-order valence-corrected chi connectivity index (χ3v) is 11.5. The maximum absolute atomic E-state index is 5.39. The molecule has 0 fully saturated rings. The molecular weight excluding hydrogens is 681 g/mol. The first-order chi connectivity index (χ1) is 27.8. The molecule has 8 aromatic carbocycles. The molecule has 0 radical (unpaired) electrons. The van der Waals surface area contributed by atoms with Crippen LogP contribution in [0.2, 0.25) is 0 Å². The Labute approximate surface area is 321 Å². The van der Waals surface area contributed by atoms with E-state index < -0.39 is 0 Å². The molecular formula is C52H30N4. The molecule has 0 aliphatic rings. The largest absolute Gasteiger partial charge is 0.256 e.